The van der Waals surface area contributed by atoms with Gasteiger partial charge in [0, 0.05) is 12.1 Å². The zero-order valence-corrected chi connectivity index (χ0v) is 13.7. The van der Waals surface area contributed by atoms with Gasteiger partial charge < -0.3 is 10.6 Å². The molecular formula is C20H26N2O. The normalized spacial score (nSPS) is 40.7. The van der Waals surface area contributed by atoms with Crippen molar-refractivity contribution in [3.8, 4) is 0 Å². The molecule has 6 rings (SSSR count). The van der Waals surface area contributed by atoms with Gasteiger partial charge in [-0.3, -0.25) is 4.79 Å². The molecule has 5 aliphatic rings. The second kappa shape index (κ2) is 5.07. The third-order valence-electron chi connectivity index (χ3n) is 6.82. The van der Waals surface area contributed by atoms with Gasteiger partial charge in [0.15, 0.2) is 0 Å². The maximum absolute atomic E-state index is 12.9. The Hall–Kier alpha value is -1.35. The van der Waals surface area contributed by atoms with Gasteiger partial charge in [0.1, 0.15) is 0 Å². The zero-order chi connectivity index (χ0) is 15.4. The fourth-order valence-electron chi connectivity index (χ4n) is 6.25. The molecular weight excluding hydrogens is 284 g/mol. The first-order valence-electron chi connectivity index (χ1n) is 9.31. The summed E-state index contributed by atoms with van der Waals surface area (Å²) in [6, 6.07) is 8.43. The van der Waals surface area contributed by atoms with Crippen molar-refractivity contribution in [2.24, 2.45) is 17.8 Å². The van der Waals surface area contributed by atoms with Crippen molar-refractivity contribution < 1.29 is 4.79 Å². The van der Waals surface area contributed by atoms with Crippen LogP contribution in [0.15, 0.2) is 24.3 Å². The molecule has 23 heavy (non-hydrogen) atoms. The highest BCUT2D eigenvalue weighted by Gasteiger charge is 2.51. The summed E-state index contributed by atoms with van der Waals surface area (Å²) in [6.07, 6.45) is 8.78. The van der Waals surface area contributed by atoms with Gasteiger partial charge in [0.2, 0.25) is 5.91 Å². The Morgan fingerprint density at radius 2 is 1.61 bits per heavy atom. The summed E-state index contributed by atoms with van der Waals surface area (Å²) < 4.78 is 0. The summed E-state index contributed by atoms with van der Waals surface area (Å²) in [5.41, 5.74) is 2.80. The summed E-state index contributed by atoms with van der Waals surface area (Å²) in [5, 5.41) is 6.97. The number of nitrogens with one attached hydrogen (secondary N) is 2. The van der Waals surface area contributed by atoms with Gasteiger partial charge in [-0.25, -0.2) is 0 Å². The van der Waals surface area contributed by atoms with E-state index < -0.39 is 0 Å². The molecule has 1 amide bonds. The van der Waals surface area contributed by atoms with E-state index in [1.807, 2.05) is 0 Å². The van der Waals surface area contributed by atoms with E-state index in [1.165, 1.54) is 49.7 Å². The van der Waals surface area contributed by atoms with Gasteiger partial charge in [-0.05, 0) is 73.8 Å². The lowest BCUT2D eigenvalue weighted by Crippen LogP contribution is -2.62. The number of benzene rings is 1. The molecule has 0 aromatic heterocycles. The third kappa shape index (κ3) is 2.40. The predicted molar refractivity (Wildman–Crippen MR) is 89.8 cm³/mol. The molecule has 3 heteroatoms. The highest BCUT2D eigenvalue weighted by molar-refractivity contribution is 5.83. The van der Waals surface area contributed by atoms with Crippen molar-refractivity contribution in [2.45, 2.75) is 63.1 Å². The SMILES string of the molecule is O=C(NC12CC3CC(CC(C3)C1)C2)[C@H]1Cc2ccccc2CN1. The average molecular weight is 310 g/mol. The third-order valence-corrected chi connectivity index (χ3v) is 6.82. The second-order valence-electron chi connectivity index (χ2n) is 8.59. The second-order valence-corrected chi connectivity index (χ2v) is 8.59. The maximum atomic E-state index is 12.9. The van der Waals surface area contributed by atoms with E-state index >= 15 is 0 Å². The Labute approximate surface area is 138 Å². The molecule has 1 aliphatic heterocycles. The highest BCUT2D eigenvalue weighted by atomic mass is 16.2. The van der Waals surface area contributed by atoms with Crippen LogP contribution in [0.3, 0.4) is 0 Å². The molecule has 122 valence electrons. The van der Waals surface area contributed by atoms with E-state index in [2.05, 4.69) is 34.9 Å². The number of hydrogen-bond acceptors (Lipinski definition) is 2. The lowest BCUT2D eigenvalue weighted by Gasteiger charge is -2.57. The molecule has 4 aliphatic carbocycles. The monoisotopic (exact) mass is 310 g/mol. The van der Waals surface area contributed by atoms with Crippen molar-refractivity contribution in [3.05, 3.63) is 35.4 Å². The van der Waals surface area contributed by atoms with Crippen LogP contribution in [-0.2, 0) is 17.8 Å². The number of fused-ring (bicyclic) bond motifs is 1. The number of amides is 1. The standard InChI is InChI=1S/C20H26N2O/c23-19(18-8-16-3-1-2-4-17(16)12-21-18)22-20-9-13-5-14(10-20)7-15(6-13)11-20/h1-4,13-15,18,21H,5-12H2,(H,22,23)/t13?,14?,15?,18-,20?/m1/s1. The average Bonchev–Trinajstić information content (AvgIpc) is 2.52. The van der Waals surface area contributed by atoms with Crippen molar-refractivity contribution >= 4 is 5.91 Å². The van der Waals surface area contributed by atoms with E-state index in [4.69, 9.17) is 0 Å². The molecule has 4 bridgehead atoms. The van der Waals surface area contributed by atoms with Crippen molar-refractivity contribution in [1.82, 2.24) is 10.6 Å². The highest BCUT2D eigenvalue weighted by Crippen LogP contribution is 2.55. The summed E-state index contributed by atoms with van der Waals surface area (Å²) in [4.78, 5) is 12.9. The van der Waals surface area contributed by atoms with E-state index in [9.17, 15) is 4.79 Å². The molecule has 0 spiro atoms. The van der Waals surface area contributed by atoms with Crippen LogP contribution >= 0.6 is 0 Å². The first kappa shape index (κ1) is 14.0. The number of hydrogen-bond donors (Lipinski definition) is 2. The van der Waals surface area contributed by atoms with Gasteiger partial charge in [-0.15, -0.1) is 0 Å². The number of carbonyl (C=O) groups is 1. The topological polar surface area (TPSA) is 41.1 Å². The van der Waals surface area contributed by atoms with E-state index in [0.717, 1.165) is 30.7 Å². The molecule has 0 radical (unpaired) electrons. The van der Waals surface area contributed by atoms with Gasteiger partial charge in [0.25, 0.3) is 0 Å². The summed E-state index contributed by atoms with van der Waals surface area (Å²) >= 11 is 0. The molecule has 4 fully saturated rings. The molecule has 1 aromatic rings. The van der Waals surface area contributed by atoms with E-state index in [1.54, 1.807) is 0 Å². The largest absolute Gasteiger partial charge is 0.349 e. The van der Waals surface area contributed by atoms with Gasteiger partial charge in [-0.2, -0.15) is 0 Å². The molecule has 0 saturated heterocycles. The number of rotatable bonds is 2. The molecule has 1 atom stereocenters. The van der Waals surface area contributed by atoms with Crippen molar-refractivity contribution in [1.29, 1.82) is 0 Å². The molecule has 0 unspecified atom stereocenters. The quantitative estimate of drug-likeness (QED) is 0.882. The van der Waals surface area contributed by atoms with Crippen LogP contribution in [0.1, 0.15) is 49.7 Å². The van der Waals surface area contributed by atoms with E-state index in [-0.39, 0.29) is 17.5 Å². The Kier molecular flexibility index (Phi) is 3.09. The molecule has 4 saturated carbocycles. The Morgan fingerprint density at radius 3 is 2.26 bits per heavy atom. The fraction of sp³-hybridized carbons (Fsp3) is 0.650. The summed E-state index contributed by atoms with van der Waals surface area (Å²) in [6.45, 7) is 0.815. The van der Waals surface area contributed by atoms with Gasteiger partial charge in [-0.1, -0.05) is 24.3 Å². The Balaban J connectivity index is 1.31. The summed E-state index contributed by atoms with van der Waals surface area (Å²) in [5.74, 6) is 2.87. The van der Waals surface area contributed by atoms with Crippen LogP contribution in [0.5, 0.6) is 0 Å². The lowest BCUT2D eigenvalue weighted by atomic mass is 9.53. The molecule has 1 heterocycles. The van der Waals surface area contributed by atoms with Crippen LogP contribution in [0.2, 0.25) is 0 Å². The van der Waals surface area contributed by atoms with Crippen LogP contribution in [-0.4, -0.2) is 17.5 Å². The first-order valence-corrected chi connectivity index (χ1v) is 9.31. The maximum Gasteiger partial charge on any atom is 0.237 e. The van der Waals surface area contributed by atoms with E-state index in [0.29, 0.717) is 0 Å². The molecule has 1 aromatic carbocycles. The Morgan fingerprint density at radius 1 is 1.00 bits per heavy atom. The van der Waals surface area contributed by atoms with Crippen molar-refractivity contribution in [2.75, 3.05) is 0 Å². The van der Waals surface area contributed by atoms with Crippen LogP contribution in [0, 0.1) is 17.8 Å². The first-order chi connectivity index (χ1) is 11.2. The van der Waals surface area contributed by atoms with Crippen LogP contribution in [0.25, 0.3) is 0 Å². The van der Waals surface area contributed by atoms with Crippen molar-refractivity contribution in [3.63, 3.8) is 0 Å². The van der Waals surface area contributed by atoms with Gasteiger partial charge >= 0.3 is 0 Å². The lowest BCUT2D eigenvalue weighted by molar-refractivity contribution is -0.129. The zero-order valence-electron chi connectivity index (χ0n) is 13.7. The predicted octanol–water partition coefficient (Wildman–Crippen LogP) is 2.79. The smallest absolute Gasteiger partial charge is 0.237 e. The molecule has 2 N–H and O–H groups in total. The minimum absolute atomic E-state index is 0.0575. The molecule has 3 nitrogen and oxygen atoms in total. The Bertz CT molecular complexity index is 603. The van der Waals surface area contributed by atoms with Gasteiger partial charge in [0.05, 0.1) is 6.04 Å². The fourth-order valence-corrected chi connectivity index (χ4v) is 6.25. The number of carbonyl (C=O) groups excluding carboxylic acids is 1. The van der Waals surface area contributed by atoms with Crippen LogP contribution in [0.4, 0.5) is 0 Å². The minimum atomic E-state index is -0.0575. The minimum Gasteiger partial charge on any atom is -0.349 e. The van der Waals surface area contributed by atoms with Crippen LogP contribution < -0.4 is 10.6 Å². The summed E-state index contributed by atoms with van der Waals surface area (Å²) in [7, 11) is 0.